The summed E-state index contributed by atoms with van der Waals surface area (Å²) in [5, 5.41) is 11.7. The van der Waals surface area contributed by atoms with Crippen LogP contribution in [-0.4, -0.2) is 61.1 Å². The van der Waals surface area contributed by atoms with Crippen molar-refractivity contribution in [1.29, 1.82) is 0 Å². The van der Waals surface area contributed by atoms with Gasteiger partial charge in [0.2, 0.25) is 0 Å². The molecule has 0 bridgehead atoms. The number of urea groups is 1. The fourth-order valence-corrected chi connectivity index (χ4v) is 2.85. The molecule has 7 nitrogen and oxygen atoms in total. The summed E-state index contributed by atoms with van der Waals surface area (Å²) in [5.41, 5.74) is 0.571. The quantitative estimate of drug-likeness (QED) is 0.781. The summed E-state index contributed by atoms with van der Waals surface area (Å²) >= 11 is 0. The van der Waals surface area contributed by atoms with Gasteiger partial charge in [0.25, 0.3) is 0 Å². The number of alkyl halides is 3. The van der Waals surface area contributed by atoms with Crippen LogP contribution in [0.4, 0.5) is 23.7 Å². The summed E-state index contributed by atoms with van der Waals surface area (Å²) in [5.74, 6) is -1.96. The molecule has 27 heavy (non-hydrogen) atoms. The number of halogens is 3. The number of anilines is 1. The van der Waals surface area contributed by atoms with Gasteiger partial charge in [-0.3, -0.25) is 4.79 Å². The normalized spacial score (nSPS) is 18.1. The van der Waals surface area contributed by atoms with Crippen LogP contribution < -0.4 is 15.0 Å². The van der Waals surface area contributed by atoms with Crippen molar-refractivity contribution in [3.05, 3.63) is 24.3 Å². The number of rotatable bonds is 6. The number of nitrogens with zero attached hydrogens (tertiary/aromatic N) is 2. The van der Waals surface area contributed by atoms with Crippen LogP contribution in [0, 0.1) is 5.92 Å². The van der Waals surface area contributed by atoms with Gasteiger partial charge in [-0.2, -0.15) is 0 Å². The minimum absolute atomic E-state index is 0.0778. The Labute approximate surface area is 154 Å². The lowest BCUT2D eigenvalue weighted by Crippen LogP contribution is -2.46. The molecule has 1 aromatic rings. The molecule has 0 spiro atoms. The maximum absolute atomic E-state index is 12.3. The number of carboxylic acid groups (broad SMARTS) is 1. The van der Waals surface area contributed by atoms with Gasteiger partial charge in [-0.1, -0.05) is 13.0 Å². The smallest absolute Gasteiger partial charge is 0.481 e. The monoisotopic (exact) mass is 389 g/mol. The average Bonchev–Trinajstić information content (AvgIpc) is 3.01. The van der Waals surface area contributed by atoms with E-state index in [4.69, 9.17) is 5.11 Å². The van der Waals surface area contributed by atoms with Crippen molar-refractivity contribution in [3.63, 3.8) is 0 Å². The maximum atomic E-state index is 12.3. The summed E-state index contributed by atoms with van der Waals surface area (Å²) in [4.78, 5) is 26.2. The summed E-state index contributed by atoms with van der Waals surface area (Å²) in [6.07, 6.45) is -4.13. The Balaban J connectivity index is 1.90. The minimum atomic E-state index is -4.75. The molecule has 1 saturated heterocycles. The number of amides is 2. The van der Waals surface area contributed by atoms with Crippen LogP contribution in [0.25, 0.3) is 0 Å². The van der Waals surface area contributed by atoms with Crippen LogP contribution in [0.3, 0.4) is 0 Å². The number of carboxylic acids is 1. The molecule has 2 N–H and O–H groups in total. The van der Waals surface area contributed by atoms with Crippen molar-refractivity contribution in [2.45, 2.75) is 25.7 Å². The Morgan fingerprint density at radius 1 is 1.44 bits per heavy atom. The highest BCUT2D eigenvalue weighted by atomic mass is 19.4. The fourth-order valence-electron chi connectivity index (χ4n) is 2.85. The fraction of sp³-hybridized carbons (Fsp3) is 0.529. The molecule has 1 aliphatic rings. The molecule has 0 aromatic heterocycles. The lowest BCUT2D eigenvalue weighted by Gasteiger charge is -2.23. The third kappa shape index (κ3) is 6.22. The predicted molar refractivity (Wildman–Crippen MR) is 91.7 cm³/mol. The number of ether oxygens (including phenoxy) is 1. The number of carbonyl (C=O) groups is 2. The van der Waals surface area contributed by atoms with Crippen molar-refractivity contribution in [1.82, 2.24) is 10.2 Å². The van der Waals surface area contributed by atoms with Crippen LogP contribution >= 0.6 is 0 Å². The molecule has 2 amide bonds. The van der Waals surface area contributed by atoms with Gasteiger partial charge in [0.05, 0.1) is 5.92 Å². The summed E-state index contributed by atoms with van der Waals surface area (Å²) in [7, 11) is 1.51. The number of benzene rings is 1. The van der Waals surface area contributed by atoms with Crippen LogP contribution in [0.5, 0.6) is 5.75 Å². The summed E-state index contributed by atoms with van der Waals surface area (Å²) in [6.45, 7) is 2.59. The van der Waals surface area contributed by atoms with Gasteiger partial charge in [0, 0.05) is 44.5 Å². The molecule has 2 atom stereocenters. The molecular weight excluding hydrogens is 367 g/mol. The first-order valence-corrected chi connectivity index (χ1v) is 8.40. The molecule has 10 heteroatoms. The highest BCUT2D eigenvalue weighted by molar-refractivity contribution is 5.76. The van der Waals surface area contributed by atoms with E-state index in [0.717, 1.165) is 0 Å². The third-order valence-corrected chi connectivity index (χ3v) is 4.25. The van der Waals surface area contributed by atoms with E-state index in [2.05, 4.69) is 10.1 Å². The van der Waals surface area contributed by atoms with Crippen molar-refractivity contribution in [2.24, 2.45) is 5.92 Å². The van der Waals surface area contributed by atoms with E-state index in [1.54, 1.807) is 6.07 Å². The zero-order chi connectivity index (χ0) is 20.2. The van der Waals surface area contributed by atoms with E-state index >= 15 is 0 Å². The van der Waals surface area contributed by atoms with Gasteiger partial charge < -0.3 is 25.0 Å². The van der Waals surface area contributed by atoms with Crippen LogP contribution in [0.15, 0.2) is 24.3 Å². The lowest BCUT2D eigenvalue weighted by atomic mass is 10.2. The zero-order valence-electron chi connectivity index (χ0n) is 15.0. The Morgan fingerprint density at radius 3 is 2.78 bits per heavy atom. The number of hydrogen-bond donors (Lipinski definition) is 2. The van der Waals surface area contributed by atoms with Gasteiger partial charge >= 0.3 is 18.4 Å². The minimum Gasteiger partial charge on any atom is -0.481 e. The molecule has 1 aromatic carbocycles. The summed E-state index contributed by atoms with van der Waals surface area (Å²) in [6, 6.07) is 5.11. The first-order valence-electron chi connectivity index (χ1n) is 8.40. The van der Waals surface area contributed by atoms with Crippen molar-refractivity contribution in [2.75, 3.05) is 31.6 Å². The van der Waals surface area contributed by atoms with Gasteiger partial charge in [-0.25, -0.2) is 4.79 Å². The van der Waals surface area contributed by atoms with Gasteiger partial charge in [0.1, 0.15) is 5.75 Å². The van der Waals surface area contributed by atoms with E-state index in [9.17, 15) is 22.8 Å². The van der Waals surface area contributed by atoms with E-state index in [0.29, 0.717) is 25.2 Å². The summed E-state index contributed by atoms with van der Waals surface area (Å²) < 4.78 is 41.0. The predicted octanol–water partition coefficient (Wildman–Crippen LogP) is 2.53. The third-order valence-electron chi connectivity index (χ3n) is 4.25. The van der Waals surface area contributed by atoms with Crippen LogP contribution in [0.1, 0.15) is 13.3 Å². The maximum Gasteiger partial charge on any atom is 0.573 e. The van der Waals surface area contributed by atoms with Gasteiger partial charge in [-0.15, -0.1) is 13.2 Å². The molecule has 0 aliphatic carbocycles. The largest absolute Gasteiger partial charge is 0.573 e. The number of aliphatic carboxylic acids is 1. The Kier molecular flexibility index (Phi) is 6.40. The molecule has 1 fully saturated rings. The first kappa shape index (κ1) is 20.7. The molecular formula is C17H22F3N3O4. The van der Waals surface area contributed by atoms with Crippen molar-refractivity contribution in [3.8, 4) is 5.75 Å². The van der Waals surface area contributed by atoms with E-state index in [-0.39, 0.29) is 24.4 Å². The average molecular weight is 389 g/mol. The standard InChI is InChI=1S/C17H22F3N3O4/c1-11(15(24)25)9-22(2)16(26)21-12-6-7-23(10-12)13-4-3-5-14(8-13)27-17(18,19)20/h3-5,8,11-12H,6-7,9-10H2,1-2H3,(H,21,26)(H,24,25). The molecule has 1 heterocycles. The molecule has 2 unspecified atom stereocenters. The highest BCUT2D eigenvalue weighted by Gasteiger charge is 2.32. The van der Waals surface area contributed by atoms with E-state index in [1.165, 1.54) is 37.1 Å². The number of carbonyl (C=O) groups excluding carboxylic acids is 1. The van der Waals surface area contributed by atoms with Crippen LogP contribution in [0.2, 0.25) is 0 Å². The Bertz CT molecular complexity index is 684. The van der Waals surface area contributed by atoms with Gasteiger partial charge in [-0.05, 0) is 18.6 Å². The zero-order valence-corrected chi connectivity index (χ0v) is 15.0. The van der Waals surface area contributed by atoms with Gasteiger partial charge in [0.15, 0.2) is 0 Å². The SMILES string of the molecule is CC(CN(C)C(=O)NC1CCN(c2cccc(OC(F)(F)F)c2)C1)C(=O)O. The van der Waals surface area contributed by atoms with Crippen molar-refractivity contribution >= 4 is 17.7 Å². The molecule has 1 aliphatic heterocycles. The Morgan fingerprint density at radius 2 is 2.15 bits per heavy atom. The van der Waals surface area contributed by atoms with E-state index < -0.39 is 18.2 Å². The second kappa shape index (κ2) is 8.36. The second-order valence-corrected chi connectivity index (χ2v) is 6.55. The van der Waals surface area contributed by atoms with E-state index in [1.807, 2.05) is 4.90 Å². The second-order valence-electron chi connectivity index (χ2n) is 6.55. The molecule has 150 valence electrons. The van der Waals surface area contributed by atoms with Crippen molar-refractivity contribution < 1.29 is 32.6 Å². The number of hydrogen-bond acceptors (Lipinski definition) is 4. The molecule has 0 saturated carbocycles. The highest BCUT2D eigenvalue weighted by Crippen LogP contribution is 2.28. The molecule has 2 rings (SSSR count). The Hall–Kier alpha value is -2.65. The molecule has 0 radical (unpaired) electrons. The lowest BCUT2D eigenvalue weighted by molar-refractivity contribution is -0.274. The first-order chi connectivity index (χ1) is 12.5. The number of nitrogens with one attached hydrogen (secondary N) is 1. The van der Waals surface area contributed by atoms with Crippen LogP contribution in [-0.2, 0) is 4.79 Å². The topological polar surface area (TPSA) is 82.1 Å².